The minimum atomic E-state index is -3.67. The number of benzene rings is 2. The molecule has 0 spiro atoms. The fourth-order valence-corrected chi connectivity index (χ4v) is 4.07. The third-order valence-electron chi connectivity index (χ3n) is 4.99. The topological polar surface area (TPSA) is 106 Å². The van der Waals surface area contributed by atoms with Crippen molar-refractivity contribution in [2.45, 2.75) is 36.6 Å². The van der Waals surface area contributed by atoms with Crippen molar-refractivity contribution in [2.75, 3.05) is 13.1 Å². The van der Waals surface area contributed by atoms with E-state index in [1.54, 1.807) is 12.1 Å². The molecule has 0 aliphatic heterocycles. The molecule has 1 atom stereocenters. The van der Waals surface area contributed by atoms with Crippen LogP contribution in [0.1, 0.15) is 35.6 Å². The number of rotatable bonds is 7. The molecule has 0 saturated carbocycles. The second-order valence-electron chi connectivity index (χ2n) is 6.93. The zero-order valence-electron chi connectivity index (χ0n) is 15.2. The predicted octanol–water partition coefficient (Wildman–Crippen LogP) is 0.634. The number of nitrogens with one attached hydrogen (secondary N) is 1. The number of carbonyl (C=O) groups excluding carboxylic acids is 1. The molecule has 6 nitrogen and oxygen atoms in total. The van der Waals surface area contributed by atoms with Crippen LogP contribution in [0.25, 0.3) is 0 Å². The van der Waals surface area contributed by atoms with Gasteiger partial charge in [-0.3, -0.25) is 4.79 Å². The van der Waals surface area contributed by atoms with Crippen LogP contribution in [0, 0.1) is 0 Å². The van der Waals surface area contributed by atoms with Crippen molar-refractivity contribution in [1.29, 1.82) is 0 Å². The lowest BCUT2D eigenvalue weighted by atomic mass is 9.88. The molecule has 0 radical (unpaired) electrons. The van der Waals surface area contributed by atoms with Gasteiger partial charge in [0.05, 0.1) is 4.90 Å². The van der Waals surface area contributed by atoms with E-state index in [9.17, 15) is 13.2 Å². The second kappa shape index (κ2) is 8.65. The van der Waals surface area contributed by atoms with Gasteiger partial charge in [0.25, 0.3) is 5.91 Å². The first-order valence-electron chi connectivity index (χ1n) is 9.23. The molecule has 3 rings (SSSR count). The SMILES string of the molecule is NS(=O)(=O)c1ccc(CCNC(=O)C[NH2+]C2CCCc3ccccc32)cc1. The van der Waals surface area contributed by atoms with Gasteiger partial charge >= 0.3 is 0 Å². The average molecular weight is 389 g/mol. The summed E-state index contributed by atoms with van der Waals surface area (Å²) >= 11 is 0. The predicted molar refractivity (Wildman–Crippen MR) is 103 cm³/mol. The number of carbonyl (C=O) groups is 1. The van der Waals surface area contributed by atoms with Crippen molar-refractivity contribution in [2.24, 2.45) is 5.14 Å². The molecule has 144 valence electrons. The van der Waals surface area contributed by atoms with Gasteiger partial charge in [0, 0.05) is 18.5 Å². The van der Waals surface area contributed by atoms with Gasteiger partial charge in [-0.2, -0.15) is 0 Å². The first kappa shape index (κ1) is 19.5. The van der Waals surface area contributed by atoms with E-state index in [1.165, 1.54) is 23.3 Å². The number of hydrogen-bond acceptors (Lipinski definition) is 3. The molecule has 2 aromatic rings. The summed E-state index contributed by atoms with van der Waals surface area (Å²) in [7, 11) is -3.67. The largest absolute Gasteiger partial charge is 0.351 e. The number of nitrogens with two attached hydrogens (primary N) is 2. The Morgan fingerprint density at radius 1 is 1.15 bits per heavy atom. The summed E-state index contributed by atoms with van der Waals surface area (Å²) in [5.74, 6) is 0.0132. The Kier molecular flexibility index (Phi) is 6.26. The molecule has 0 aromatic heterocycles. The van der Waals surface area contributed by atoms with E-state index < -0.39 is 10.0 Å². The van der Waals surface area contributed by atoms with Gasteiger partial charge in [-0.1, -0.05) is 36.4 Å². The second-order valence-corrected chi connectivity index (χ2v) is 8.49. The summed E-state index contributed by atoms with van der Waals surface area (Å²) in [6.45, 7) is 0.923. The zero-order valence-corrected chi connectivity index (χ0v) is 16.0. The van der Waals surface area contributed by atoms with Crippen molar-refractivity contribution in [3.8, 4) is 0 Å². The molecular formula is C20H26N3O3S+. The Bertz CT molecular complexity index is 895. The summed E-state index contributed by atoms with van der Waals surface area (Å²) < 4.78 is 22.5. The molecule has 27 heavy (non-hydrogen) atoms. The van der Waals surface area contributed by atoms with Crippen LogP contribution >= 0.6 is 0 Å². The molecule has 0 bridgehead atoms. The molecule has 0 fully saturated rings. The Hall–Kier alpha value is -2.22. The van der Waals surface area contributed by atoms with E-state index in [0.29, 0.717) is 25.6 Å². The van der Waals surface area contributed by atoms with Gasteiger partial charge in [-0.05, 0) is 42.5 Å². The first-order chi connectivity index (χ1) is 12.9. The molecule has 1 amide bonds. The van der Waals surface area contributed by atoms with Gasteiger partial charge in [0.2, 0.25) is 10.0 Å². The Labute approximate surface area is 160 Å². The molecule has 1 aliphatic carbocycles. The maximum atomic E-state index is 12.1. The Morgan fingerprint density at radius 2 is 1.89 bits per heavy atom. The number of aryl methyl sites for hydroxylation is 1. The van der Waals surface area contributed by atoms with Gasteiger partial charge in [-0.25, -0.2) is 13.6 Å². The number of fused-ring (bicyclic) bond motifs is 1. The minimum Gasteiger partial charge on any atom is -0.351 e. The number of sulfonamides is 1. The van der Waals surface area contributed by atoms with E-state index in [0.717, 1.165) is 24.8 Å². The summed E-state index contributed by atoms with van der Waals surface area (Å²) in [5, 5.41) is 10.1. The highest BCUT2D eigenvalue weighted by molar-refractivity contribution is 7.89. The lowest BCUT2D eigenvalue weighted by molar-refractivity contribution is -0.687. The number of primary sulfonamides is 1. The first-order valence-corrected chi connectivity index (χ1v) is 10.8. The third kappa shape index (κ3) is 5.38. The monoisotopic (exact) mass is 388 g/mol. The van der Waals surface area contributed by atoms with Crippen LogP contribution in [-0.2, 0) is 27.7 Å². The van der Waals surface area contributed by atoms with Crippen molar-refractivity contribution >= 4 is 15.9 Å². The van der Waals surface area contributed by atoms with Gasteiger partial charge in [-0.15, -0.1) is 0 Å². The van der Waals surface area contributed by atoms with Crippen LogP contribution in [0.5, 0.6) is 0 Å². The van der Waals surface area contributed by atoms with Crippen LogP contribution in [0.4, 0.5) is 0 Å². The molecule has 1 aliphatic rings. The molecule has 0 saturated heterocycles. The Morgan fingerprint density at radius 3 is 2.63 bits per heavy atom. The number of hydrogen-bond donors (Lipinski definition) is 3. The highest BCUT2D eigenvalue weighted by Gasteiger charge is 2.22. The van der Waals surface area contributed by atoms with E-state index >= 15 is 0 Å². The third-order valence-corrected chi connectivity index (χ3v) is 5.92. The highest BCUT2D eigenvalue weighted by atomic mass is 32.2. The lowest BCUT2D eigenvalue weighted by Crippen LogP contribution is -2.87. The molecule has 1 unspecified atom stereocenters. The molecule has 2 aromatic carbocycles. The van der Waals surface area contributed by atoms with Crippen LogP contribution in [0.2, 0.25) is 0 Å². The quantitative estimate of drug-likeness (QED) is 0.648. The molecule has 5 N–H and O–H groups in total. The maximum Gasteiger partial charge on any atom is 0.275 e. The van der Waals surface area contributed by atoms with Crippen molar-refractivity contribution in [1.82, 2.24) is 5.32 Å². The maximum absolute atomic E-state index is 12.1. The fourth-order valence-electron chi connectivity index (χ4n) is 3.55. The summed E-state index contributed by atoms with van der Waals surface area (Å²) in [6.07, 6.45) is 4.02. The van der Waals surface area contributed by atoms with Gasteiger partial charge < -0.3 is 10.6 Å². The fraction of sp³-hybridized carbons (Fsp3) is 0.350. The standard InChI is InChI=1S/C20H25N3O3S/c21-27(25,26)17-10-8-15(9-11-17)12-13-22-20(24)14-23-19-7-3-5-16-4-1-2-6-18(16)19/h1-2,4,6,8-11,19,23H,3,5,7,12-14H2,(H,22,24)(H2,21,25,26)/p+1. The van der Waals surface area contributed by atoms with Gasteiger partial charge in [0.1, 0.15) is 6.04 Å². The molecule has 0 heterocycles. The summed E-state index contributed by atoms with van der Waals surface area (Å²) in [5.41, 5.74) is 3.70. The number of amides is 1. The minimum absolute atomic E-state index is 0.0132. The van der Waals surface area contributed by atoms with Gasteiger partial charge in [0.15, 0.2) is 6.54 Å². The highest BCUT2D eigenvalue weighted by Crippen LogP contribution is 2.26. The van der Waals surface area contributed by atoms with Crippen LogP contribution in [-0.4, -0.2) is 27.4 Å². The van der Waals surface area contributed by atoms with Crippen molar-refractivity contribution in [3.05, 3.63) is 65.2 Å². The number of quaternary nitrogens is 1. The summed E-state index contributed by atoms with van der Waals surface area (Å²) in [4.78, 5) is 12.2. The molecule has 7 heteroatoms. The van der Waals surface area contributed by atoms with Crippen LogP contribution in [0.3, 0.4) is 0 Å². The average Bonchev–Trinajstić information content (AvgIpc) is 2.66. The Balaban J connectivity index is 1.43. The van der Waals surface area contributed by atoms with E-state index in [1.807, 2.05) is 0 Å². The van der Waals surface area contributed by atoms with Crippen LogP contribution < -0.4 is 15.8 Å². The van der Waals surface area contributed by atoms with E-state index in [-0.39, 0.29) is 10.8 Å². The normalized spacial score (nSPS) is 16.6. The van der Waals surface area contributed by atoms with Crippen molar-refractivity contribution in [3.63, 3.8) is 0 Å². The lowest BCUT2D eigenvalue weighted by Gasteiger charge is -2.23. The van der Waals surface area contributed by atoms with E-state index in [4.69, 9.17) is 5.14 Å². The summed E-state index contributed by atoms with van der Waals surface area (Å²) in [6, 6.07) is 15.2. The van der Waals surface area contributed by atoms with Crippen LogP contribution in [0.15, 0.2) is 53.4 Å². The molecular weight excluding hydrogens is 362 g/mol. The smallest absolute Gasteiger partial charge is 0.275 e. The van der Waals surface area contributed by atoms with Crippen molar-refractivity contribution < 1.29 is 18.5 Å². The zero-order chi connectivity index (χ0) is 19.3. The van der Waals surface area contributed by atoms with E-state index in [2.05, 4.69) is 34.9 Å².